The average Bonchev–Trinajstić information content (AvgIpc) is 2.58. The quantitative estimate of drug-likeness (QED) is 0.182. The second-order valence-corrected chi connectivity index (χ2v) is 9.73. The highest BCUT2D eigenvalue weighted by atomic mass is 32.2. The number of nitrogens with one attached hydrogen (secondary N) is 2. The first-order valence-electron chi connectivity index (χ1n) is 8.82. The smallest absolute Gasteiger partial charge is 0.280 e. The average molecular weight is 442 g/mol. The molecule has 0 radical (unpaired) electrons. The van der Waals surface area contributed by atoms with Crippen molar-refractivity contribution in [1.82, 2.24) is 15.9 Å². The lowest BCUT2D eigenvalue weighted by Crippen LogP contribution is -2.60. The molecule has 0 aromatic rings. The minimum Gasteiger partial charge on any atom is -0.394 e. The topological polar surface area (TPSA) is 189 Å². The van der Waals surface area contributed by atoms with Crippen LogP contribution in [0.1, 0.15) is 34.1 Å². The maximum Gasteiger partial charge on any atom is 0.280 e. The molecule has 1 aliphatic rings. The highest BCUT2D eigenvalue weighted by Crippen LogP contribution is 2.37. The van der Waals surface area contributed by atoms with Crippen molar-refractivity contribution in [3.05, 3.63) is 11.8 Å². The van der Waals surface area contributed by atoms with Crippen molar-refractivity contribution in [3.63, 3.8) is 0 Å². The molecule has 0 aromatic heterocycles. The van der Waals surface area contributed by atoms with Crippen LogP contribution in [-0.2, 0) is 19.2 Å². The van der Waals surface area contributed by atoms with Gasteiger partial charge in [-0.2, -0.15) is 17.8 Å². The highest BCUT2D eigenvalue weighted by molar-refractivity contribution is 7.85. The van der Waals surface area contributed by atoms with Gasteiger partial charge in [0.15, 0.2) is 6.10 Å². The lowest BCUT2D eigenvalue weighted by molar-refractivity contribution is -0.183. The molecule has 0 aromatic carbocycles. The molecule has 4 unspecified atom stereocenters. The molecule has 12 nitrogen and oxygen atoms in total. The van der Waals surface area contributed by atoms with Crippen LogP contribution in [0.3, 0.4) is 0 Å². The van der Waals surface area contributed by atoms with Crippen molar-refractivity contribution in [2.75, 3.05) is 12.9 Å². The van der Waals surface area contributed by atoms with Gasteiger partial charge in [0.1, 0.15) is 18.3 Å². The van der Waals surface area contributed by atoms with Crippen LogP contribution in [-0.4, -0.2) is 93.3 Å². The Morgan fingerprint density at radius 2 is 1.76 bits per heavy atom. The van der Waals surface area contributed by atoms with E-state index in [2.05, 4.69) is 10.9 Å². The largest absolute Gasteiger partial charge is 0.394 e. The van der Waals surface area contributed by atoms with Crippen molar-refractivity contribution >= 4 is 16.0 Å². The third-order valence-electron chi connectivity index (χ3n) is 4.30. The number of carbonyl (C=O) groups is 1. The molecule has 1 aliphatic heterocycles. The lowest BCUT2D eigenvalue weighted by Gasteiger charge is -2.48. The number of hydrazine groups is 1. The number of hydrogen-bond donors (Lipinski definition) is 7. The maximum absolute atomic E-state index is 12.0. The van der Waals surface area contributed by atoms with Gasteiger partial charge in [0.2, 0.25) is 0 Å². The second-order valence-electron chi connectivity index (χ2n) is 8.18. The van der Waals surface area contributed by atoms with Gasteiger partial charge >= 0.3 is 0 Å². The molecule has 0 aliphatic carbocycles. The fourth-order valence-corrected chi connectivity index (χ4v) is 3.82. The van der Waals surface area contributed by atoms with Crippen LogP contribution in [0, 0.1) is 0 Å². The molecule has 0 saturated heterocycles. The number of aliphatic hydroxyl groups is 5. The first-order valence-corrected chi connectivity index (χ1v) is 10.6. The molecular weight excluding hydrogens is 410 g/mol. The molecule has 0 bridgehead atoms. The SMILES string of the molecule is CC1(C)C=C(NNC(=O)C(O)C(O)C(O)C(O)CO)CC(C)(C)N1OS(C)(=O)=O. The summed E-state index contributed by atoms with van der Waals surface area (Å²) in [5.74, 6) is -1.09. The van der Waals surface area contributed by atoms with Gasteiger partial charge in [-0.05, 0) is 33.8 Å². The fourth-order valence-electron chi connectivity index (χ4n) is 3.16. The zero-order chi connectivity index (χ0) is 22.8. The number of carbonyl (C=O) groups excluding carboxylic acids is 1. The number of rotatable bonds is 9. The van der Waals surface area contributed by atoms with E-state index in [0.29, 0.717) is 5.70 Å². The van der Waals surface area contributed by atoms with Gasteiger partial charge in [-0.1, -0.05) is 0 Å². The lowest BCUT2D eigenvalue weighted by atomic mass is 9.86. The first kappa shape index (κ1) is 25.7. The van der Waals surface area contributed by atoms with E-state index in [-0.39, 0.29) is 6.42 Å². The van der Waals surface area contributed by atoms with Crippen LogP contribution in [0.15, 0.2) is 11.8 Å². The Labute approximate surface area is 169 Å². The fraction of sp³-hybridized carbons (Fsp3) is 0.812. The van der Waals surface area contributed by atoms with E-state index in [1.807, 2.05) is 0 Å². The Hall–Kier alpha value is -1.32. The van der Waals surface area contributed by atoms with Gasteiger partial charge in [-0.3, -0.25) is 10.2 Å². The van der Waals surface area contributed by atoms with E-state index in [9.17, 15) is 33.6 Å². The number of aliphatic hydroxyl groups excluding tert-OH is 5. The number of hydroxylamine groups is 2. The van der Waals surface area contributed by atoms with Crippen LogP contribution in [0.4, 0.5) is 0 Å². The number of nitrogens with zero attached hydrogens (tertiary/aromatic N) is 1. The Morgan fingerprint density at radius 1 is 1.21 bits per heavy atom. The third-order valence-corrected chi connectivity index (χ3v) is 4.72. The van der Waals surface area contributed by atoms with Gasteiger partial charge in [-0.15, -0.1) is 0 Å². The maximum atomic E-state index is 12.0. The van der Waals surface area contributed by atoms with Crippen molar-refractivity contribution < 1.29 is 43.0 Å². The summed E-state index contributed by atoms with van der Waals surface area (Å²) in [7, 11) is -3.76. The summed E-state index contributed by atoms with van der Waals surface area (Å²) in [6.45, 7) is 6.01. The zero-order valence-corrected chi connectivity index (χ0v) is 17.8. The van der Waals surface area contributed by atoms with Crippen molar-refractivity contribution in [1.29, 1.82) is 0 Å². The summed E-state index contributed by atoms with van der Waals surface area (Å²) >= 11 is 0. The molecule has 29 heavy (non-hydrogen) atoms. The van der Waals surface area contributed by atoms with E-state index in [1.165, 1.54) is 5.06 Å². The van der Waals surface area contributed by atoms with Crippen molar-refractivity contribution in [2.24, 2.45) is 0 Å². The molecule has 1 heterocycles. The van der Waals surface area contributed by atoms with Crippen LogP contribution >= 0.6 is 0 Å². The highest BCUT2D eigenvalue weighted by Gasteiger charge is 2.44. The predicted molar refractivity (Wildman–Crippen MR) is 101 cm³/mol. The monoisotopic (exact) mass is 441 g/mol. The molecule has 0 fully saturated rings. The van der Waals surface area contributed by atoms with Crippen LogP contribution in [0.5, 0.6) is 0 Å². The molecule has 1 rings (SSSR count). The number of hydrogen-bond acceptors (Lipinski definition) is 11. The van der Waals surface area contributed by atoms with Gasteiger partial charge < -0.3 is 31.0 Å². The third kappa shape index (κ3) is 6.86. The molecular formula is C16H31N3O9S. The van der Waals surface area contributed by atoms with Crippen molar-refractivity contribution in [2.45, 2.75) is 69.6 Å². The van der Waals surface area contributed by atoms with Crippen LogP contribution in [0.2, 0.25) is 0 Å². The molecule has 7 N–H and O–H groups in total. The van der Waals surface area contributed by atoms with E-state index in [1.54, 1.807) is 33.8 Å². The Bertz CT molecular complexity index is 723. The van der Waals surface area contributed by atoms with Crippen LogP contribution < -0.4 is 10.9 Å². The molecule has 4 atom stereocenters. The van der Waals surface area contributed by atoms with Gasteiger partial charge in [0, 0.05) is 17.7 Å². The summed E-state index contributed by atoms with van der Waals surface area (Å²) in [6.07, 6.45) is -5.00. The molecule has 1 amide bonds. The Kier molecular flexibility index (Phi) is 8.18. The van der Waals surface area contributed by atoms with Gasteiger partial charge in [0.25, 0.3) is 16.0 Å². The van der Waals surface area contributed by atoms with E-state index >= 15 is 0 Å². The van der Waals surface area contributed by atoms with Gasteiger partial charge in [0.05, 0.1) is 18.4 Å². The van der Waals surface area contributed by atoms with Gasteiger partial charge in [-0.25, -0.2) is 0 Å². The molecule has 0 spiro atoms. The predicted octanol–water partition coefficient (Wildman–Crippen LogP) is -2.92. The minimum absolute atomic E-state index is 0.233. The Morgan fingerprint density at radius 3 is 2.21 bits per heavy atom. The first-order chi connectivity index (χ1) is 13.0. The number of amides is 1. The normalized spacial score (nSPS) is 23.4. The van der Waals surface area contributed by atoms with E-state index in [0.717, 1.165) is 6.26 Å². The van der Waals surface area contributed by atoms with E-state index < -0.39 is 58.1 Å². The standard InChI is InChI=1S/C16H31N3O9S/c1-15(2)6-9(7-16(3,4)19(15)28-29(5,26)27)17-18-14(25)13(24)12(23)11(22)10(21)8-20/h6,10-13,17,20-24H,7-8H2,1-5H3,(H,18,25). The summed E-state index contributed by atoms with van der Waals surface area (Å²) in [4.78, 5) is 12.0. The summed E-state index contributed by atoms with van der Waals surface area (Å²) < 4.78 is 28.3. The molecule has 0 saturated carbocycles. The van der Waals surface area contributed by atoms with E-state index in [4.69, 9.17) is 9.39 Å². The summed E-state index contributed by atoms with van der Waals surface area (Å²) in [6, 6.07) is 0. The molecule has 13 heteroatoms. The Balaban J connectivity index is 2.85. The van der Waals surface area contributed by atoms with Crippen molar-refractivity contribution in [3.8, 4) is 0 Å². The summed E-state index contributed by atoms with van der Waals surface area (Å²) in [5, 5.41) is 48.6. The van der Waals surface area contributed by atoms with Crippen LogP contribution in [0.25, 0.3) is 0 Å². The second kappa shape index (κ2) is 9.22. The summed E-state index contributed by atoms with van der Waals surface area (Å²) in [5.41, 5.74) is 3.58. The minimum atomic E-state index is -3.76. The molecule has 170 valence electrons. The zero-order valence-electron chi connectivity index (χ0n) is 17.0.